The van der Waals surface area contributed by atoms with Crippen LogP contribution in [0.5, 0.6) is 0 Å². The number of aromatic nitrogens is 4. The number of piperazine rings is 2. The Kier molecular flexibility index (Phi) is 7.53. The number of hydrogen-bond acceptors (Lipinski definition) is 9. The highest BCUT2D eigenvalue weighted by Crippen LogP contribution is 2.32. The van der Waals surface area contributed by atoms with Crippen molar-refractivity contribution in [2.24, 2.45) is 0 Å². The number of nitrogens with zero attached hydrogens (tertiary/aromatic N) is 7. The molecule has 222 valence electrons. The fourth-order valence-corrected chi connectivity index (χ4v) is 5.74. The second kappa shape index (κ2) is 11.3. The number of imidazole rings is 1. The van der Waals surface area contributed by atoms with Gasteiger partial charge in [-0.2, -0.15) is 0 Å². The fourth-order valence-electron chi connectivity index (χ4n) is 5.74. The second-order valence-corrected chi connectivity index (χ2v) is 12.3. The molecule has 4 aromatic rings. The number of anilines is 2. The molecule has 0 atom stereocenters. The third-order valence-electron chi connectivity index (χ3n) is 7.86. The minimum atomic E-state index is -0.483. The van der Waals surface area contributed by atoms with Gasteiger partial charge in [0.25, 0.3) is 0 Å². The van der Waals surface area contributed by atoms with Crippen molar-refractivity contribution in [2.75, 3.05) is 62.2 Å². The standard InChI is InChI=1S/C31H40N8O3/c1-21-19-32-29-26(27(21)38-12-10-36(11-13-38)20-24-18-22(2)42-35-24)33-28(34-29)23-6-8-25(9-7-23)37-14-16-39(17-15-37)30(40)41-31(3,4)5/h6-9,18-19H,10-17,20H2,1-5H3,(H,32,33,34). The van der Waals surface area contributed by atoms with Crippen LogP contribution in [-0.4, -0.2) is 94.0 Å². The average molecular weight is 573 g/mol. The summed E-state index contributed by atoms with van der Waals surface area (Å²) in [4.78, 5) is 34.4. The molecule has 3 aromatic heterocycles. The van der Waals surface area contributed by atoms with E-state index in [2.05, 4.69) is 61.0 Å². The molecule has 5 heterocycles. The number of hydrogen-bond donors (Lipinski definition) is 1. The third kappa shape index (κ3) is 6.06. The van der Waals surface area contributed by atoms with E-state index in [0.29, 0.717) is 13.1 Å². The number of H-pyrrole nitrogens is 1. The lowest BCUT2D eigenvalue weighted by atomic mass is 10.1. The van der Waals surface area contributed by atoms with Crippen LogP contribution in [0.25, 0.3) is 22.6 Å². The van der Waals surface area contributed by atoms with Gasteiger partial charge in [0.15, 0.2) is 5.65 Å². The van der Waals surface area contributed by atoms with Crippen LogP contribution in [-0.2, 0) is 11.3 Å². The SMILES string of the molecule is Cc1cc(CN2CCN(c3c(C)cnc4nc(-c5ccc(N6CCN(C(=O)OC(C)(C)C)CC6)cc5)[nH]c34)CC2)no1. The summed E-state index contributed by atoms with van der Waals surface area (Å²) >= 11 is 0. The van der Waals surface area contributed by atoms with Crippen LogP contribution >= 0.6 is 0 Å². The van der Waals surface area contributed by atoms with Gasteiger partial charge in [-0.25, -0.2) is 14.8 Å². The summed E-state index contributed by atoms with van der Waals surface area (Å²) in [6.45, 7) is 17.1. The number of nitrogens with one attached hydrogen (secondary N) is 1. The molecule has 6 rings (SSSR count). The first-order valence-corrected chi connectivity index (χ1v) is 14.7. The molecule has 2 saturated heterocycles. The van der Waals surface area contributed by atoms with Crippen LogP contribution in [0, 0.1) is 13.8 Å². The van der Waals surface area contributed by atoms with E-state index in [1.807, 2.05) is 40.0 Å². The number of aryl methyl sites for hydroxylation is 2. The topological polar surface area (TPSA) is 107 Å². The van der Waals surface area contributed by atoms with Gasteiger partial charge in [0.2, 0.25) is 0 Å². The highest BCUT2D eigenvalue weighted by atomic mass is 16.6. The molecule has 0 bridgehead atoms. The summed E-state index contributed by atoms with van der Waals surface area (Å²) in [7, 11) is 0. The number of aromatic amines is 1. The van der Waals surface area contributed by atoms with Crippen molar-refractivity contribution in [2.45, 2.75) is 46.8 Å². The minimum absolute atomic E-state index is 0.242. The molecule has 11 heteroatoms. The van der Waals surface area contributed by atoms with Crippen molar-refractivity contribution in [1.82, 2.24) is 29.9 Å². The zero-order valence-corrected chi connectivity index (χ0v) is 25.2. The quantitative estimate of drug-likeness (QED) is 0.367. The maximum Gasteiger partial charge on any atom is 0.410 e. The Morgan fingerprint density at radius 2 is 1.67 bits per heavy atom. The second-order valence-electron chi connectivity index (χ2n) is 12.3. The number of carbonyl (C=O) groups is 1. The molecule has 1 N–H and O–H groups in total. The molecular formula is C31H40N8O3. The molecule has 2 fully saturated rings. The maximum atomic E-state index is 12.4. The van der Waals surface area contributed by atoms with Gasteiger partial charge in [-0.3, -0.25) is 4.90 Å². The average Bonchev–Trinajstić information content (AvgIpc) is 3.59. The van der Waals surface area contributed by atoms with Gasteiger partial charge in [0.1, 0.15) is 22.7 Å². The number of rotatable bonds is 5. The van der Waals surface area contributed by atoms with Crippen LogP contribution in [0.1, 0.15) is 37.8 Å². The van der Waals surface area contributed by atoms with Gasteiger partial charge in [0.05, 0.1) is 11.4 Å². The lowest BCUT2D eigenvalue weighted by Gasteiger charge is -2.36. The smallest absolute Gasteiger partial charge is 0.410 e. The predicted molar refractivity (Wildman–Crippen MR) is 163 cm³/mol. The zero-order chi connectivity index (χ0) is 29.4. The van der Waals surface area contributed by atoms with Crippen molar-refractivity contribution in [3.63, 3.8) is 0 Å². The highest BCUT2D eigenvalue weighted by molar-refractivity contribution is 5.90. The van der Waals surface area contributed by atoms with Gasteiger partial charge < -0.3 is 28.9 Å². The summed E-state index contributed by atoms with van der Waals surface area (Å²) in [6.07, 6.45) is 1.68. The van der Waals surface area contributed by atoms with E-state index in [0.717, 1.165) is 91.1 Å². The number of fused-ring (bicyclic) bond motifs is 1. The molecule has 1 amide bonds. The van der Waals surface area contributed by atoms with Crippen molar-refractivity contribution in [1.29, 1.82) is 0 Å². The van der Waals surface area contributed by atoms with E-state index in [9.17, 15) is 4.79 Å². The maximum absolute atomic E-state index is 12.4. The van der Waals surface area contributed by atoms with Gasteiger partial charge >= 0.3 is 6.09 Å². The molecule has 2 aliphatic rings. The Morgan fingerprint density at radius 3 is 2.31 bits per heavy atom. The minimum Gasteiger partial charge on any atom is -0.444 e. The molecule has 42 heavy (non-hydrogen) atoms. The van der Waals surface area contributed by atoms with E-state index in [4.69, 9.17) is 14.2 Å². The van der Waals surface area contributed by atoms with Crippen molar-refractivity contribution in [3.05, 3.63) is 53.5 Å². The summed E-state index contributed by atoms with van der Waals surface area (Å²) in [5.74, 6) is 1.66. The molecule has 2 aliphatic heterocycles. The molecule has 11 nitrogen and oxygen atoms in total. The number of carbonyl (C=O) groups excluding carboxylic acids is 1. The first kappa shape index (κ1) is 28.0. The van der Waals surface area contributed by atoms with E-state index < -0.39 is 5.60 Å². The molecule has 0 radical (unpaired) electrons. The summed E-state index contributed by atoms with van der Waals surface area (Å²) in [5, 5.41) is 4.15. The largest absolute Gasteiger partial charge is 0.444 e. The van der Waals surface area contributed by atoms with Crippen molar-refractivity contribution in [3.8, 4) is 11.4 Å². The Morgan fingerprint density at radius 1 is 0.976 bits per heavy atom. The fraction of sp³-hybridized carbons (Fsp3) is 0.484. The first-order chi connectivity index (χ1) is 20.1. The van der Waals surface area contributed by atoms with E-state index in [1.165, 1.54) is 5.69 Å². The molecular weight excluding hydrogens is 532 g/mol. The Balaban J connectivity index is 1.12. The molecule has 1 aromatic carbocycles. The molecule has 0 unspecified atom stereocenters. The van der Waals surface area contributed by atoms with Crippen LogP contribution in [0.15, 0.2) is 41.1 Å². The Hall–Kier alpha value is -4.12. The molecule has 0 aliphatic carbocycles. The van der Waals surface area contributed by atoms with E-state index in [-0.39, 0.29) is 6.09 Å². The Labute approximate surface area is 246 Å². The third-order valence-corrected chi connectivity index (χ3v) is 7.86. The number of amides is 1. The summed E-state index contributed by atoms with van der Waals surface area (Å²) < 4.78 is 10.8. The summed E-state index contributed by atoms with van der Waals surface area (Å²) in [6, 6.07) is 10.5. The molecule has 0 spiro atoms. The van der Waals surface area contributed by atoms with Gasteiger partial charge in [-0.1, -0.05) is 5.16 Å². The van der Waals surface area contributed by atoms with Gasteiger partial charge in [-0.05, 0) is 64.4 Å². The zero-order valence-electron chi connectivity index (χ0n) is 25.2. The van der Waals surface area contributed by atoms with Crippen LogP contribution in [0.2, 0.25) is 0 Å². The highest BCUT2D eigenvalue weighted by Gasteiger charge is 2.26. The normalized spacial score (nSPS) is 16.8. The van der Waals surface area contributed by atoms with Crippen molar-refractivity contribution >= 4 is 28.6 Å². The van der Waals surface area contributed by atoms with E-state index >= 15 is 0 Å². The number of pyridine rings is 1. The van der Waals surface area contributed by atoms with Crippen LogP contribution in [0.3, 0.4) is 0 Å². The lowest BCUT2D eigenvalue weighted by molar-refractivity contribution is 0.0240. The monoisotopic (exact) mass is 572 g/mol. The number of ether oxygens (including phenoxy) is 1. The predicted octanol–water partition coefficient (Wildman–Crippen LogP) is 4.61. The van der Waals surface area contributed by atoms with Crippen molar-refractivity contribution < 1.29 is 14.1 Å². The lowest BCUT2D eigenvalue weighted by Crippen LogP contribution is -2.50. The van der Waals surface area contributed by atoms with Gasteiger partial charge in [0, 0.05) is 82.4 Å². The first-order valence-electron chi connectivity index (χ1n) is 14.7. The Bertz CT molecular complexity index is 1540. The van der Waals surface area contributed by atoms with Crippen LogP contribution < -0.4 is 9.80 Å². The van der Waals surface area contributed by atoms with Crippen LogP contribution in [0.4, 0.5) is 16.2 Å². The number of benzene rings is 1. The molecule has 0 saturated carbocycles. The summed E-state index contributed by atoms with van der Waals surface area (Å²) in [5.41, 5.74) is 6.67. The van der Waals surface area contributed by atoms with E-state index in [1.54, 1.807) is 4.90 Å². The van der Waals surface area contributed by atoms with Gasteiger partial charge in [-0.15, -0.1) is 0 Å².